The van der Waals surface area contributed by atoms with E-state index in [9.17, 15) is 13.2 Å². The summed E-state index contributed by atoms with van der Waals surface area (Å²) >= 11 is 0. The van der Waals surface area contributed by atoms with E-state index in [-0.39, 0.29) is 12.5 Å². The summed E-state index contributed by atoms with van der Waals surface area (Å²) in [6.07, 6.45) is 4.21. The molecule has 150 valence electrons. The molecule has 0 radical (unpaired) electrons. The van der Waals surface area contributed by atoms with Gasteiger partial charge in [0.2, 0.25) is 15.9 Å². The third-order valence-corrected chi connectivity index (χ3v) is 6.17. The Labute approximate surface area is 161 Å². The average Bonchev–Trinajstić information content (AvgIpc) is 2.63. The van der Waals surface area contributed by atoms with Gasteiger partial charge in [0.25, 0.3) is 0 Å². The van der Waals surface area contributed by atoms with Gasteiger partial charge in [0.1, 0.15) is 13.2 Å². The molecule has 2 heterocycles. The van der Waals surface area contributed by atoms with Crippen molar-refractivity contribution in [1.29, 1.82) is 0 Å². The van der Waals surface area contributed by atoms with Crippen LogP contribution < -0.4 is 13.8 Å². The molecule has 1 aromatic rings. The highest BCUT2D eigenvalue weighted by molar-refractivity contribution is 7.92. The zero-order valence-electron chi connectivity index (χ0n) is 16.0. The zero-order valence-corrected chi connectivity index (χ0v) is 16.8. The quantitative estimate of drug-likeness (QED) is 0.737. The fraction of sp³-hybridized carbons (Fsp3) is 0.632. The van der Waals surface area contributed by atoms with Crippen molar-refractivity contribution in [1.82, 2.24) is 4.90 Å². The monoisotopic (exact) mass is 396 g/mol. The number of carbonyl (C=O) groups excluding carboxylic acids is 1. The van der Waals surface area contributed by atoms with Crippen molar-refractivity contribution in [2.24, 2.45) is 5.92 Å². The molecule has 7 nitrogen and oxygen atoms in total. The van der Waals surface area contributed by atoms with E-state index < -0.39 is 10.0 Å². The van der Waals surface area contributed by atoms with Crippen LogP contribution in [-0.2, 0) is 14.8 Å². The molecule has 27 heavy (non-hydrogen) atoms. The molecule has 0 saturated carbocycles. The number of piperidine rings is 1. The van der Waals surface area contributed by atoms with Crippen LogP contribution in [0.4, 0.5) is 5.69 Å². The maximum atomic E-state index is 12.4. The summed E-state index contributed by atoms with van der Waals surface area (Å²) < 4.78 is 36.9. The maximum absolute atomic E-state index is 12.4. The van der Waals surface area contributed by atoms with E-state index in [0.29, 0.717) is 49.2 Å². The number of hydrogen-bond donors (Lipinski definition) is 0. The Morgan fingerprint density at radius 2 is 2.00 bits per heavy atom. The number of amides is 1. The summed E-state index contributed by atoms with van der Waals surface area (Å²) in [5.74, 6) is 1.81. The smallest absolute Gasteiger partial charge is 0.232 e. The number of hydrogen-bond acceptors (Lipinski definition) is 5. The summed E-state index contributed by atoms with van der Waals surface area (Å²) in [5.41, 5.74) is 0.529. The predicted octanol–water partition coefficient (Wildman–Crippen LogP) is 2.26. The molecular weight excluding hydrogens is 368 g/mol. The highest BCUT2D eigenvalue weighted by Crippen LogP contribution is 2.34. The Kier molecular flexibility index (Phi) is 6.14. The molecule has 1 saturated heterocycles. The van der Waals surface area contributed by atoms with Crippen LogP contribution in [0.15, 0.2) is 18.2 Å². The largest absolute Gasteiger partial charge is 0.486 e. The van der Waals surface area contributed by atoms with Crippen molar-refractivity contribution in [2.45, 2.75) is 32.6 Å². The Hall–Kier alpha value is -1.96. The van der Waals surface area contributed by atoms with Crippen LogP contribution in [-0.4, -0.2) is 58.3 Å². The first-order valence-electron chi connectivity index (χ1n) is 9.50. The van der Waals surface area contributed by atoms with Crippen LogP contribution in [0, 0.1) is 5.92 Å². The molecule has 2 aliphatic heterocycles. The van der Waals surface area contributed by atoms with Crippen molar-refractivity contribution in [3.63, 3.8) is 0 Å². The minimum Gasteiger partial charge on any atom is -0.486 e. The van der Waals surface area contributed by atoms with Gasteiger partial charge in [-0.05, 0) is 37.3 Å². The molecule has 0 bridgehead atoms. The number of nitrogens with zero attached hydrogens (tertiary/aromatic N) is 2. The second kappa shape index (κ2) is 8.37. The van der Waals surface area contributed by atoms with Gasteiger partial charge < -0.3 is 14.4 Å². The average molecular weight is 397 g/mol. The molecule has 1 amide bonds. The van der Waals surface area contributed by atoms with Crippen molar-refractivity contribution < 1.29 is 22.7 Å². The minimum absolute atomic E-state index is 0.108. The van der Waals surface area contributed by atoms with Crippen molar-refractivity contribution in [3.8, 4) is 11.5 Å². The van der Waals surface area contributed by atoms with Crippen LogP contribution in [0.25, 0.3) is 0 Å². The standard InChI is InChI=1S/C19H28N2O5S/c1-15-5-3-9-20(14-15)19(22)6-4-10-21(27(2,23)24)16-7-8-17-18(13-16)26-12-11-25-17/h7-8,13,15H,3-6,9-12,14H2,1-2H3/t15-/m1/s1. The first-order valence-corrected chi connectivity index (χ1v) is 11.3. The van der Waals surface area contributed by atoms with Crippen LogP contribution in [0.5, 0.6) is 11.5 Å². The number of ether oxygens (including phenoxy) is 2. The minimum atomic E-state index is -3.46. The van der Waals surface area contributed by atoms with Crippen LogP contribution >= 0.6 is 0 Å². The second-order valence-corrected chi connectivity index (χ2v) is 9.26. The molecule has 0 N–H and O–H groups in total. The van der Waals surface area contributed by atoms with Gasteiger partial charge in [0.15, 0.2) is 11.5 Å². The molecule has 8 heteroatoms. The molecule has 0 spiro atoms. The van der Waals surface area contributed by atoms with Gasteiger partial charge in [0.05, 0.1) is 11.9 Å². The first kappa shape index (κ1) is 19.8. The fourth-order valence-electron chi connectivity index (χ4n) is 3.62. The fourth-order valence-corrected chi connectivity index (χ4v) is 4.58. The van der Waals surface area contributed by atoms with E-state index in [2.05, 4.69) is 6.92 Å². The summed E-state index contributed by atoms with van der Waals surface area (Å²) in [4.78, 5) is 14.3. The number of rotatable bonds is 6. The number of sulfonamides is 1. The lowest BCUT2D eigenvalue weighted by Crippen LogP contribution is -2.39. The lowest BCUT2D eigenvalue weighted by molar-refractivity contribution is -0.132. The van der Waals surface area contributed by atoms with Gasteiger partial charge in [-0.2, -0.15) is 0 Å². The highest BCUT2D eigenvalue weighted by Gasteiger charge is 2.23. The van der Waals surface area contributed by atoms with Gasteiger partial charge in [-0.15, -0.1) is 0 Å². The molecule has 1 fully saturated rings. The molecule has 0 aliphatic carbocycles. The molecule has 2 aliphatic rings. The maximum Gasteiger partial charge on any atom is 0.232 e. The Morgan fingerprint density at radius 3 is 2.70 bits per heavy atom. The van der Waals surface area contributed by atoms with E-state index >= 15 is 0 Å². The van der Waals surface area contributed by atoms with Gasteiger partial charge in [-0.3, -0.25) is 9.10 Å². The number of anilines is 1. The molecule has 1 aromatic carbocycles. The lowest BCUT2D eigenvalue weighted by atomic mass is 10.00. The number of likely N-dealkylation sites (tertiary alicyclic amines) is 1. The van der Waals surface area contributed by atoms with E-state index in [1.165, 1.54) is 10.6 Å². The van der Waals surface area contributed by atoms with Gasteiger partial charge in [-0.25, -0.2) is 8.42 Å². The molecule has 3 rings (SSSR count). The Balaban J connectivity index is 1.63. The van der Waals surface area contributed by atoms with E-state index in [1.54, 1.807) is 18.2 Å². The molecular formula is C19H28N2O5S. The van der Waals surface area contributed by atoms with Gasteiger partial charge in [0, 0.05) is 32.1 Å². The summed E-state index contributed by atoms with van der Waals surface area (Å²) in [5, 5.41) is 0. The van der Waals surface area contributed by atoms with E-state index in [1.807, 2.05) is 4.90 Å². The third kappa shape index (κ3) is 5.06. The Bertz CT molecular complexity index is 780. The number of benzene rings is 1. The summed E-state index contributed by atoms with van der Waals surface area (Å²) in [7, 11) is -3.46. The molecule has 0 aromatic heterocycles. The first-order chi connectivity index (χ1) is 12.8. The predicted molar refractivity (Wildman–Crippen MR) is 104 cm³/mol. The summed E-state index contributed by atoms with van der Waals surface area (Å²) in [6.45, 7) is 4.95. The zero-order chi connectivity index (χ0) is 19.4. The normalized spacial score (nSPS) is 19.6. The highest BCUT2D eigenvalue weighted by atomic mass is 32.2. The van der Waals surface area contributed by atoms with Crippen molar-refractivity contribution >= 4 is 21.6 Å². The molecule has 1 atom stereocenters. The number of carbonyl (C=O) groups is 1. The van der Waals surface area contributed by atoms with E-state index in [0.717, 1.165) is 25.9 Å². The van der Waals surface area contributed by atoms with Crippen molar-refractivity contribution in [2.75, 3.05) is 43.4 Å². The van der Waals surface area contributed by atoms with Crippen LogP contribution in [0.1, 0.15) is 32.6 Å². The van der Waals surface area contributed by atoms with Gasteiger partial charge in [-0.1, -0.05) is 6.92 Å². The van der Waals surface area contributed by atoms with Gasteiger partial charge >= 0.3 is 0 Å². The SMILES string of the molecule is C[C@@H]1CCCN(C(=O)CCCN(c2ccc3c(c2)OCCO3)S(C)(=O)=O)C1. The summed E-state index contributed by atoms with van der Waals surface area (Å²) in [6, 6.07) is 5.12. The van der Waals surface area contributed by atoms with Crippen molar-refractivity contribution in [3.05, 3.63) is 18.2 Å². The van der Waals surface area contributed by atoms with Crippen LogP contribution in [0.2, 0.25) is 0 Å². The Morgan fingerprint density at radius 1 is 1.26 bits per heavy atom. The second-order valence-electron chi connectivity index (χ2n) is 7.35. The van der Waals surface area contributed by atoms with Crippen LogP contribution in [0.3, 0.4) is 0 Å². The van der Waals surface area contributed by atoms with E-state index in [4.69, 9.17) is 9.47 Å². The lowest BCUT2D eigenvalue weighted by Gasteiger charge is -2.31. The molecule has 0 unspecified atom stereocenters. The third-order valence-electron chi connectivity index (χ3n) is 4.98. The topological polar surface area (TPSA) is 76.2 Å². The number of fused-ring (bicyclic) bond motifs is 1.